The summed E-state index contributed by atoms with van der Waals surface area (Å²) in [6.45, 7) is 10.1. The third-order valence-electron chi connectivity index (χ3n) is 2.58. The number of Topliss-reactive ketones (excluding diaryl/α,β-unsaturated/α-hetero) is 1. The number of ether oxygens (including phenoxy) is 1. The van der Waals surface area contributed by atoms with Crippen molar-refractivity contribution in [3.63, 3.8) is 0 Å². The second kappa shape index (κ2) is 8.31. The van der Waals surface area contributed by atoms with Crippen molar-refractivity contribution in [2.45, 2.75) is 53.4 Å². The molecular formula is C13H22O3. The highest BCUT2D eigenvalue weighted by molar-refractivity contribution is 5.89. The average Bonchev–Trinajstić information content (AvgIpc) is 2.23. The maximum atomic E-state index is 11.6. The molecule has 0 aromatic carbocycles. The van der Waals surface area contributed by atoms with Gasteiger partial charge in [-0.2, -0.15) is 0 Å². The van der Waals surface area contributed by atoms with Gasteiger partial charge in [0.05, 0.1) is 0 Å². The Kier molecular flexibility index (Phi) is 7.86. The molecule has 3 nitrogen and oxygen atoms in total. The molecule has 0 aromatic heterocycles. The van der Waals surface area contributed by atoms with Gasteiger partial charge in [-0.05, 0) is 18.8 Å². The molecule has 0 rings (SSSR count). The van der Waals surface area contributed by atoms with Gasteiger partial charge in [-0.1, -0.05) is 34.1 Å². The molecule has 0 aliphatic heterocycles. The smallest absolute Gasteiger partial charge is 0.307 e. The normalized spacial score (nSPS) is 12.6. The molecule has 0 fully saturated rings. The van der Waals surface area contributed by atoms with E-state index in [1.165, 1.54) is 0 Å². The average molecular weight is 226 g/mol. The lowest BCUT2D eigenvalue weighted by Gasteiger charge is -2.16. The highest BCUT2D eigenvalue weighted by Crippen LogP contribution is 2.17. The summed E-state index contributed by atoms with van der Waals surface area (Å²) < 4.78 is 4.70. The van der Waals surface area contributed by atoms with Crippen molar-refractivity contribution < 1.29 is 14.3 Å². The molecule has 1 atom stereocenters. The molecule has 0 spiro atoms. The first kappa shape index (κ1) is 15.1. The van der Waals surface area contributed by atoms with Crippen molar-refractivity contribution in [2.24, 2.45) is 11.8 Å². The summed E-state index contributed by atoms with van der Waals surface area (Å²) in [6.07, 6.45) is 2.83. The van der Waals surface area contributed by atoms with E-state index < -0.39 is 0 Å². The summed E-state index contributed by atoms with van der Waals surface area (Å²) in [5, 5.41) is 0. The predicted octanol–water partition coefficient (Wildman–Crippen LogP) is 3.01. The van der Waals surface area contributed by atoms with E-state index in [0.717, 1.165) is 19.3 Å². The Hall–Kier alpha value is -0.860. The Balaban J connectivity index is 3.91. The lowest BCUT2D eigenvalue weighted by atomic mass is 9.89. The number of ketones is 1. The first-order chi connectivity index (χ1) is 7.52. The first-order valence-electron chi connectivity index (χ1n) is 6.02. The van der Waals surface area contributed by atoms with Gasteiger partial charge < -0.3 is 4.74 Å². The van der Waals surface area contributed by atoms with Crippen LogP contribution in [0.5, 0.6) is 0 Å². The molecule has 0 saturated heterocycles. The molecule has 92 valence electrons. The number of unbranched alkanes of at least 4 members (excludes halogenated alkanes) is 1. The van der Waals surface area contributed by atoms with E-state index in [-0.39, 0.29) is 23.6 Å². The zero-order valence-electron chi connectivity index (χ0n) is 10.7. The second-order valence-corrected chi connectivity index (χ2v) is 4.30. The van der Waals surface area contributed by atoms with Crippen LogP contribution in [0.1, 0.15) is 53.4 Å². The van der Waals surface area contributed by atoms with Crippen LogP contribution in [0, 0.1) is 18.4 Å². The summed E-state index contributed by atoms with van der Waals surface area (Å²) in [7, 11) is 0. The molecule has 0 saturated carbocycles. The van der Waals surface area contributed by atoms with Crippen LogP contribution in [0.15, 0.2) is 0 Å². The van der Waals surface area contributed by atoms with Crippen LogP contribution in [-0.2, 0) is 14.3 Å². The number of rotatable bonds is 8. The molecule has 0 aromatic rings. The Labute approximate surface area is 98.6 Å². The summed E-state index contributed by atoms with van der Waals surface area (Å²) in [4.78, 5) is 22.8. The number of hydrogen-bond donors (Lipinski definition) is 0. The molecule has 2 radical (unpaired) electrons. The highest BCUT2D eigenvalue weighted by atomic mass is 16.5. The minimum Gasteiger partial charge on any atom is -0.441 e. The molecule has 1 unspecified atom stereocenters. The molecule has 0 bridgehead atoms. The zero-order valence-corrected chi connectivity index (χ0v) is 10.7. The molecule has 3 heteroatoms. The van der Waals surface area contributed by atoms with Crippen molar-refractivity contribution in [3.8, 4) is 0 Å². The summed E-state index contributed by atoms with van der Waals surface area (Å²) in [5.74, 6) is -0.422. The fourth-order valence-corrected chi connectivity index (χ4v) is 1.51. The van der Waals surface area contributed by atoms with Gasteiger partial charge in [0, 0.05) is 12.3 Å². The van der Waals surface area contributed by atoms with Gasteiger partial charge in [0.2, 0.25) is 0 Å². The molecule has 0 aliphatic carbocycles. The van der Waals surface area contributed by atoms with E-state index in [9.17, 15) is 9.59 Å². The Morgan fingerprint density at radius 3 is 2.31 bits per heavy atom. The Morgan fingerprint density at radius 2 is 1.88 bits per heavy atom. The van der Waals surface area contributed by atoms with E-state index in [4.69, 9.17) is 4.74 Å². The van der Waals surface area contributed by atoms with E-state index >= 15 is 0 Å². The van der Waals surface area contributed by atoms with Crippen molar-refractivity contribution in [1.29, 1.82) is 0 Å². The number of carbonyl (C=O) groups excluding carboxylic acids is 2. The largest absolute Gasteiger partial charge is 0.441 e. The van der Waals surface area contributed by atoms with Gasteiger partial charge in [-0.3, -0.25) is 9.59 Å². The second-order valence-electron chi connectivity index (χ2n) is 4.30. The van der Waals surface area contributed by atoms with Gasteiger partial charge in [0.25, 0.3) is 6.61 Å². The minimum atomic E-state index is -0.367. The summed E-state index contributed by atoms with van der Waals surface area (Å²) >= 11 is 0. The third kappa shape index (κ3) is 5.89. The maximum absolute atomic E-state index is 11.6. The van der Waals surface area contributed by atoms with Gasteiger partial charge in [-0.25, -0.2) is 0 Å². The van der Waals surface area contributed by atoms with Crippen LogP contribution >= 0.6 is 0 Å². The molecule has 0 aliphatic rings. The minimum absolute atomic E-state index is 0.0982. The lowest BCUT2D eigenvalue weighted by Crippen LogP contribution is -2.21. The first-order valence-corrected chi connectivity index (χ1v) is 6.02. The number of carbonyl (C=O) groups is 2. The van der Waals surface area contributed by atoms with Crippen molar-refractivity contribution in [3.05, 3.63) is 6.61 Å². The molecule has 16 heavy (non-hydrogen) atoms. The van der Waals surface area contributed by atoms with Crippen LogP contribution in [0.25, 0.3) is 0 Å². The number of hydrogen-bond acceptors (Lipinski definition) is 3. The van der Waals surface area contributed by atoms with Crippen molar-refractivity contribution in [2.75, 3.05) is 0 Å². The van der Waals surface area contributed by atoms with Crippen LogP contribution in [0.2, 0.25) is 0 Å². The van der Waals surface area contributed by atoms with Crippen LogP contribution in [-0.4, -0.2) is 11.8 Å². The highest BCUT2D eigenvalue weighted by Gasteiger charge is 2.22. The van der Waals surface area contributed by atoms with Crippen LogP contribution in [0.4, 0.5) is 0 Å². The van der Waals surface area contributed by atoms with E-state index in [0.29, 0.717) is 6.42 Å². The maximum Gasteiger partial charge on any atom is 0.307 e. The fraction of sp³-hybridized carbons (Fsp3) is 0.769. The van der Waals surface area contributed by atoms with Crippen molar-refractivity contribution in [1.82, 2.24) is 0 Å². The summed E-state index contributed by atoms with van der Waals surface area (Å²) in [6, 6.07) is 0. The standard InChI is InChI=1S/C13H22O3/c1-5-7-8-13(15)16-9-12(14)11(6-2)10(3)4/h10-11H,5-8H2,1-4H3. The quantitative estimate of drug-likeness (QED) is 0.597. The Bertz CT molecular complexity index is 221. The Morgan fingerprint density at radius 1 is 1.25 bits per heavy atom. The van der Waals surface area contributed by atoms with E-state index in [2.05, 4.69) is 6.61 Å². The summed E-state index contributed by atoms with van der Waals surface area (Å²) in [5.41, 5.74) is 0. The SMILES string of the molecule is CCCCC(=O)O[C]C(=O)C(CC)C(C)C. The topological polar surface area (TPSA) is 43.4 Å². The monoisotopic (exact) mass is 226 g/mol. The molecular weight excluding hydrogens is 204 g/mol. The number of esters is 1. The van der Waals surface area contributed by atoms with Crippen molar-refractivity contribution >= 4 is 11.8 Å². The van der Waals surface area contributed by atoms with Gasteiger partial charge >= 0.3 is 5.97 Å². The van der Waals surface area contributed by atoms with Gasteiger partial charge in [0.15, 0.2) is 5.78 Å². The predicted molar refractivity (Wildman–Crippen MR) is 62.5 cm³/mol. The molecule has 0 N–H and O–H groups in total. The van der Waals surface area contributed by atoms with Gasteiger partial charge in [0.1, 0.15) is 0 Å². The van der Waals surface area contributed by atoms with E-state index in [1.807, 2.05) is 27.7 Å². The van der Waals surface area contributed by atoms with Crippen LogP contribution < -0.4 is 0 Å². The van der Waals surface area contributed by atoms with Crippen LogP contribution in [0.3, 0.4) is 0 Å². The molecule has 0 amide bonds. The van der Waals surface area contributed by atoms with E-state index in [1.54, 1.807) is 0 Å². The fourth-order valence-electron chi connectivity index (χ4n) is 1.51. The zero-order chi connectivity index (χ0) is 12.6. The third-order valence-corrected chi connectivity index (χ3v) is 2.58. The van der Waals surface area contributed by atoms with Gasteiger partial charge in [-0.15, -0.1) is 0 Å². The lowest BCUT2D eigenvalue weighted by molar-refractivity contribution is -0.144. The molecule has 0 heterocycles.